The monoisotopic (exact) mass is 547 g/mol. The standard InChI is InChI=1S/C20H11F5IN3O2/c1-10-13(28-17(30)11-4-2-5-12(26)16(11)18(28)31)6-3-7-14(10)29-15(8-9-27-29)19(21,22)20(23,24)25/h2-9H,1H3. The summed E-state index contributed by atoms with van der Waals surface area (Å²) < 4.78 is 67.8. The highest BCUT2D eigenvalue weighted by molar-refractivity contribution is 14.1. The number of fused-ring (bicyclic) bond motifs is 1. The molecule has 0 unspecified atom stereocenters. The van der Waals surface area contributed by atoms with Crippen LogP contribution in [0.5, 0.6) is 0 Å². The van der Waals surface area contributed by atoms with E-state index in [9.17, 15) is 31.5 Å². The minimum atomic E-state index is -5.82. The molecule has 0 fully saturated rings. The summed E-state index contributed by atoms with van der Waals surface area (Å²) in [6.07, 6.45) is -5.00. The second-order valence-electron chi connectivity index (χ2n) is 6.73. The number of alkyl halides is 5. The summed E-state index contributed by atoms with van der Waals surface area (Å²) in [6, 6.07) is 9.39. The first-order valence-electron chi connectivity index (χ1n) is 8.73. The Kier molecular flexibility index (Phi) is 4.91. The van der Waals surface area contributed by atoms with Crippen molar-refractivity contribution in [3.8, 4) is 5.69 Å². The summed E-state index contributed by atoms with van der Waals surface area (Å²) >= 11 is 1.92. The van der Waals surface area contributed by atoms with Crippen LogP contribution in [0.1, 0.15) is 32.0 Å². The molecule has 31 heavy (non-hydrogen) atoms. The van der Waals surface area contributed by atoms with Crippen molar-refractivity contribution in [2.24, 2.45) is 0 Å². The maximum Gasteiger partial charge on any atom is 0.459 e. The van der Waals surface area contributed by atoms with Gasteiger partial charge in [-0.2, -0.15) is 27.1 Å². The number of hydrogen-bond acceptors (Lipinski definition) is 3. The topological polar surface area (TPSA) is 55.2 Å². The lowest BCUT2D eigenvalue weighted by Crippen LogP contribution is -2.36. The van der Waals surface area contributed by atoms with E-state index in [1.807, 2.05) is 22.6 Å². The first kappa shape index (κ1) is 21.4. The van der Waals surface area contributed by atoms with Gasteiger partial charge in [0.2, 0.25) is 0 Å². The molecular formula is C20H11F5IN3O2. The summed E-state index contributed by atoms with van der Waals surface area (Å²) in [5, 5.41) is 3.63. The van der Waals surface area contributed by atoms with Gasteiger partial charge in [0.05, 0.1) is 22.5 Å². The van der Waals surface area contributed by atoms with E-state index in [1.165, 1.54) is 31.2 Å². The molecule has 2 amide bonds. The van der Waals surface area contributed by atoms with Gasteiger partial charge in [0.25, 0.3) is 11.8 Å². The van der Waals surface area contributed by atoms with Crippen molar-refractivity contribution in [3.05, 3.63) is 74.6 Å². The zero-order valence-electron chi connectivity index (χ0n) is 15.5. The fraction of sp³-hybridized carbons (Fsp3) is 0.150. The molecule has 11 heteroatoms. The van der Waals surface area contributed by atoms with Gasteiger partial charge in [-0.3, -0.25) is 9.59 Å². The smallest absolute Gasteiger partial charge is 0.268 e. The van der Waals surface area contributed by atoms with Gasteiger partial charge in [-0.25, -0.2) is 9.58 Å². The second-order valence-corrected chi connectivity index (χ2v) is 7.89. The minimum Gasteiger partial charge on any atom is -0.268 e. The Hall–Kier alpha value is -2.83. The van der Waals surface area contributed by atoms with Crippen molar-refractivity contribution in [1.82, 2.24) is 9.78 Å². The second kappa shape index (κ2) is 7.11. The van der Waals surface area contributed by atoms with Crippen LogP contribution in [0.25, 0.3) is 5.69 Å². The van der Waals surface area contributed by atoms with Crippen molar-refractivity contribution >= 4 is 40.1 Å². The van der Waals surface area contributed by atoms with Crippen molar-refractivity contribution in [3.63, 3.8) is 0 Å². The third kappa shape index (κ3) is 3.13. The molecule has 0 spiro atoms. The lowest BCUT2D eigenvalue weighted by Gasteiger charge is -2.23. The normalized spacial score (nSPS) is 14.4. The number of hydrogen-bond donors (Lipinski definition) is 0. The maximum atomic E-state index is 14.0. The number of rotatable bonds is 3. The Balaban J connectivity index is 1.85. The Morgan fingerprint density at radius 3 is 2.19 bits per heavy atom. The van der Waals surface area contributed by atoms with Crippen molar-refractivity contribution in [2.75, 3.05) is 4.90 Å². The van der Waals surface area contributed by atoms with Gasteiger partial charge < -0.3 is 0 Å². The molecule has 0 radical (unpaired) electrons. The average molecular weight is 547 g/mol. The first-order chi connectivity index (χ1) is 14.5. The van der Waals surface area contributed by atoms with E-state index in [1.54, 1.807) is 12.1 Å². The fourth-order valence-electron chi connectivity index (χ4n) is 3.42. The third-order valence-corrected chi connectivity index (χ3v) is 5.83. The lowest BCUT2D eigenvalue weighted by molar-refractivity contribution is -0.291. The highest BCUT2D eigenvalue weighted by atomic mass is 127. The molecule has 0 bridgehead atoms. The van der Waals surface area contributed by atoms with Gasteiger partial charge in [-0.05, 0) is 65.4 Å². The summed E-state index contributed by atoms with van der Waals surface area (Å²) in [7, 11) is 0. The van der Waals surface area contributed by atoms with Crippen LogP contribution in [-0.4, -0.2) is 27.8 Å². The number of aromatic nitrogens is 2. The molecule has 0 aliphatic carbocycles. The quantitative estimate of drug-likeness (QED) is 0.256. The van der Waals surface area contributed by atoms with E-state index in [0.29, 0.717) is 14.3 Å². The molecule has 1 aliphatic heterocycles. The van der Waals surface area contributed by atoms with E-state index < -0.39 is 29.6 Å². The van der Waals surface area contributed by atoms with Gasteiger partial charge in [-0.15, -0.1) is 0 Å². The molecule has 2 heterocycles. The number of anilines is 1. The number of nitrogens with zero attached hydrogens (tertiary/aromatic N) is 3. The zero-order chi connectivity index (χ0) is 22.7. The van der Waals surface area contributed by atoms with Gasteiger partial charge in [-0.1, -0.05) is 12.1 Å². The Bertz CT molecular complexity index is 1240. The van der Waals surface area contributed by atoms with Crippen LogP contribution in [0.3, 0.4) is 0 Å². The maximum absolute atomic E-state index is 14.0. The van der Waals surface area contributed by atoms with E-state index in [-0.39, 0.29) is 28.1 Å². The Morgan fingerprint density at radius 1 is 0.903 bits per heavy atom. The summed E-state index contributed by atoms with van der Waals surface area (Å²) in [4.78, 5) is 26.7. The van der Waals surface area contributed by atoms with Gasteiger partial charge >= 0.3 is 12.1 Å². The zero-order valence-corrected chi connectivity index (χ0v) is 17.7. The molecule has 0 saturated carbocycles. The van der Waals surface area contributed by atoms with Gasteiger partial charge in [0.15, 0.2) is 0 Å². The summed E-state index contributed by atoms with van der Waals surface area (Å²) in [5.74, 6) is -6.37. The molecule has 0 atom stereocenters. The average Bonchev–Trinajstić information content (AvgIpc) is 3.27. The molecule has 1 aliphatic rings. The lowest BCUT2D eigenvalue weighted by atomic mass is 10.1. The molecule has 0 saturated heterocycles. The number of benzene rings is 2. The predicted octanol–water partition coefficient (Wildman–Crippen LogP) is 5.24. The van der Waals surface area contributed by atoms with Crippen LogP contribution in [0.2, 0.25) is 0 Å². The molecule has 1 aromatic heterocycles. The van der Waals surface area contributed by atoms with Gasteiger partial charge in [0.1, 0.15) is 5.69 Å². The highest BCUT2D eigenvalue weighted by Gasteiger charge is 2.60. The molecule has 5 nitrogen and oxygen atoms in total. The van der Waals surface area contributed by atoms with Crippen molar-refractivity contribution in [1.29, 1.82) is 0 Å². The molecular weight excluding hydrogens is 536 g/mol. The summed E-state index contributed by atoms with van der Waals surface area (Å²) in [5.41, 5.74) is -0.901. The highest BCUT2D eigenvalue weighted by Crippen LogP contribution is 2.45. The SMILES string of the molecule is Cc1c(N2C(=O)c3cccc(I)c3C2=O)cccc1-n1nccc1C(F)(F)C(F)(F)F. The fourth-order valence-corrected chi connectivity index (χ4v) is 4.15. The molecule has 4 rings (SSSR count). The molecule has 160 valence electrons. The van der Waals surface area contributed by atoms with Crippen LogP contribution in [0, 0.1) is 10.5 Å². The van der Waals surface area contributed by atoms with Crippen LogP contribution < -0.4 is 4.90 Å². The predicted molar refractivity (Wildman–Crippen MR) is 109 cm³/mol. The van der Waals surface area contributed by atoms with E-state index in [4.69, 9.17) is 0 Å². The van der Waals surface area contributed by atoms with Crippen LogP contribution in [0.4, 0.5) is 27.6 Å². The number of imide groups is 1. The molecule has 2 aromatic carbocycles. The Labute approximate surface area is 185 Å². The van der Waals surface area contributed by atoms with E-state index in [2.05, 4.69) is 5.10 Å². The Morgan fingerprint density at radius 2 is 1.55 bits per heavy atom. The number of carbonyl (C=O) groups is 2. The minimum absolute atomic E-state index is 0.0660. The van der Waals surface area contributed by atoms with Crippen LogP contribution in [-0.2, 0) is 5.92 Å². The van der Waals surface area contributed by atoms with E-state index in [0.717, 1.165) is 11.1 Å². The number of carbonyl (C=O) groups excluding carboxylic acids is 2. The van der Waals surface area contributed by atoms with Crippen molar-refractivity contribution in [2.45, 2.75) is 19.0 Å². The van der Waals surface area contributed by atoms with Gasteiger partial charge in [0, 0.05) is 9.77 Å². The molecule has 0 N–H and O–H groups in total. The van der Waals surface area contributed by atoms with Crippen molar-refractivity contribution < 1.29 is 31.5 Å². The van der Waals surface area contributed by atoms with Crippen LogP contribution in [0.15, 0.2) is 48.7 Å². The largest absolute Gasteiger partial charge is 0.459 e. The van der Waals surface area contributed by atoms with E-state index >= 15 is 0 Å². The molecule has 3 aromatic rings. The van der Waals surface area contributed by atoms with Crippen LogP contribution >= 0.6 is 22.6 Å². The number of halogens is 6. The first-order valence-corrected chi connectivity index (χ1v) is 9.81. The number of amides is 2. The summed E-state index contributed by atoms with van der Waals surface area (Å²) in [6.45, 7) is 1.41. The third-order valence-electron chi connectivity index (χ3n) is 4.93.